The Morgan fingerprint density at radius 3 is 2.60 bits per heavy atom. The molecule has 0 aliphatic carbocycles. The van der Waals surface area contributed by atoms with Crippen LogP contribution in [-0.2, 0) is 23.7 Å². The van der Waals surface area contributed by atoms with Crippen molar-refractivity contribution in [2.45, 2.75) is 18.9 Å². The molecular formula is C11H18NO7P. The Hall–Kier alpha value is -1.40. The third-order valence-electron chi connectivity index (χ3n) is 3.17. The Balaban J connectivity index is 2.78. The number of methoxy groups -OCH3 is 1. The van der Waals surface area contributed by atoms with Gasteiger partial charge in [0.2, 0.25) is 5.91 Å². The number of likely N-dealkylation sites (tertiary alicyclic amines) is 1. The van der Waals surface area contributed by atoms with Gasteiger partial charge in [-0.15, -0.1) is 0 Å². The Labute approximate surface area is 116 Å². The standard InChI is InChI=1S/C11H18NO7P/c1-19-11(16)7-5-9(13)12(6-7)8(10(14)15)3-4-20(2,17)18/h7-8H,3-6H2,1-2H3,(H,14,15)(H,17,18). The van der Waals surface area contributed by atoms with E-state index in [4.69, 9.17) is 5.11 Å². The number of hydrogen-bond acceptors (Lipinski definition) is 5. The number of rotatable bonds is 6. The molecule has 0 radical (unpaired) electrons. The number of amides is 1. The number of nitrogens with zero attached hydrogens (tertiary/aromatic N) is 1. The van der Waals surface area contributed by atoms with E-state index in [2.05, 4.69) is 4.74 Å². The molecule has 2 N–H and O–H groups in total. The van der Waals surface area contributed by atoms with Gasteiger partial charge in [-0.3, -0.25) is 14.2 Å². The van der Waals surface area contributed by atoms with Gasteiger partial charge in [-0.1, -0.05) is 0 Å². The average Bonchev–Trinajstić information content (AvgIpc) is 2.69. The molecule has 1 fully saturated rings. The maximum absolute atomic E-state index is 11.8. The van der Waals surface area contributed by atoms with E-state index in [0.29, 0.717) is 0 Å². The summed E-state index contributed by atoms with van der Waals surface area (Å²) in [5.41, 5.74) is 0. The van der Waals surface area contributed by atoms with Crippen LogP contribution in [0.25, 0.3) is 0 Å². The third kappa shape index (κ3) is 4.31. The van der Waals surface area contributed by atoms with Crippen molar-refractivity contribution in [2.24, 2.45) is 5.92 Å². The molecule has 20 heavy (non-hydrogen) atoms. The first-order chi connectivity index (χ1) is 9.15. The van der Waals surface area contributed by atoms with Crippen LogP contribution in [-0.4, -0.2) is 65.3 Å². The van der Waals surface area contributed by atoms with Crippen molar-refractivity contribution in [3.8, 4) is 0 Å². The molecule has 114 valence electrons. The number of carbonyl (C=O) groups excluding carboxylic acids is 2. The van der Waals surface area contributed by atoms with Gasteiger partial charge in [-0.25, -0.2) is 4.79 Å². The summed E-state index contributed by atoms with van der Waals surface area (Å²) in [6, 6.07) is -1.20. The maximum atomic E-state index is 11.8. The van der Waals surface area contributed by atoms with E-state index in [1.807, 2.05) is 0 Å². The minimum atomic E-state index is -3.35. The van der Waals surface area contributed by atoms with Gasteiger partial charge in [-0.2, -0.15) is 0 Å². The molecule has 0 bridgehead atoms. The van der Waals surface area contributed by atoms with Crippen LogP contribution in [0, 0.1) is 5.92 Å². The minimum Gasteiger partial charge on any atom is -0.480 e. The molecule has 1 aliphatic heterocycles. The predicted molar refractivity (Wildman–Crippen MR) is 68.5 cm³/mol. The van der Waals surface area contributed by atoms with Gasteiger partial charge in [0.05, 0.1) is 13.0 Å². The molecule has 1 saturated heterocycles. The first-order valence-electron chi connectivity index (χ1n) is 6.05. The summed E-state index contributed by atoms with van der Waals surface area (Å²) in [6.45, 7) is 1.09. The normalized spacial score (nSPS) is 23.2. The van der Waals surface area contributed by atoms with E-state index in [-0.39, 0.29) is 25.5 Å². The summed E-state index contributed by atoms with van der Waals surface area (Å²) >= 11 is 0. The van der Waals surface area contributed by atoms with Gasteiger partial charge >= 0.3 is 11.9 Å². The summed E-state index contributed by atoms with van der Waals surface area (Å²) in [5, 5.41) is 9.15. The van der Waals surface area contributed by atoms with Crippen LogP contribution in [0.2, 0.25) is 0 Å². The molecule has 0 aromatic carbocycles. The number of carboxylic acids is 1. The topological polar surface area (TPSA) is 121 Å². The van der Waals surface area contributed by atoms with Crippen LogP contribution in [0.5, 0.6) is 0 Å². The molecule has 1 rings (SSSR count). The minimum absolute atomic E-state index is 0.0398. The second kappa shape index (κ2) is 6.37. The lowest BCUT2D eigenvalue weighted by Crippen LogP contribution is -2.43. The van der Waals surface area contributed by atoms with Crippen LogP contribution in [0.1, 0.15) is 12.8 Å². The van der Waals surface area contributed by atoms with E-state index < -0.39 is 37.2 Å². The molecule has 0 aromatic heterocycles. The predicted octanol–water partition coefficient (Wildman–Crippen LogP) is -0.249. The highest BCUT2D eigenvalue weighted by Crippen LogP contribution is 2.37. The lowest BCUT2D eigenvalue weighted by atomic mass is 10.1. The number of esters is 1. The number of aliphatic carboxylic acids is 1. The molecule has 8 nitrogen and oxygen atoms in total. The molecule has 1 aliphatic rings. The van der Waals surface area contributed by atoms with Gasteiger partial charge < -0.3 is 19.6 Å². The average molecular weight is 307 g/mol. The van der Waals surface area contributed by atoms with Crippen molar-refractivity contribution in [2.75, 3.05) is 26.5 Å². The quantitative estimate of drug-likeness (QED) is 0.512. The van der Waals surface area contributed by atoms with Crippen LogP contribution in [0.3, 0.4) is 0 Å². The van der Waals surface area contributed by atoms with E-state index in [1.54, 1.807) is 0 Å². The fraction of sp³-hybridized carbons (Fsp3) is 0.727. The highest BCUT2D eigenvalue weighted by molar-refractivity contribution is 7.57. The maximum Gasteiger partial charge on any atom is 0.326 e. The van der Waals surface area contributed by atoms with Crippen molar-refractivity contribution in [3.63, 3.8) is 0 Å². The Bertz CT molecular complexity index is 458. The summed E-state index contributed by atoms with van der Waals surface area (Å²) in [4.78, 5) is 44.7. The number of carboxylic acid groups (broad SMARTS) is 1. The van der Waals surface area contributed by atoms with Gasteiger partial charge in [0.1, 0.15) is 6.04 Å². The Kier molecular flexibility index (Phi) is 5.30. The second-order valence-electron chi connectivity index (χ2n) is 4.89. The number of ether oxygens (including phenoxy) is 1. The van der Waals surface area contributed by atoms with E-state index in [1.165, 1.54) is 7.11 Å². The Morgan fingerprint density at radius 2 is 2.15 bits per heavy atom. The highest BCUT2D eigenvalue weighted by Gasteiger charge is 2.41. The summed E-state index contributed by atoms with van der Waals surface area (Å²) < 4.78 is 15.8. The van der Waals surface area contributed by atoms with Crippen LogP contribution in [0.4, 0.5) is 0 Å². The molecule has 3 unspecified atom stereocenters. The fourth-order valence-corrected chi connectivity index (χ4v) is 2.86. The first-order valence-corrected chi connectivity index (χ1v) is 8.34. The smallest absolute Gasteiger partial charge is 0.326 e. The van der Waals surface area contributed by atoms with E-state index in [0.717, 1.165) is 11.6 Å². The summed E-state index contributed by atoms with van der Waals surface area (Å²) in [5.74, 6) is -2.96. The van der Waals surface area contributed by atoms with Gasteiger partial charge in [0.25, 0.3) is 0 Å². The van der Waals surface area contributed by atoms with E-state index >= 15 is 0 Å². The van der Waals surface area contributed by atoms with Crippen molar-refractivity contribution < 1.29 is 33.7 Å². The monoisotopic (exact) mass is 307 g/mol. The van der Waals surface area contributed by atoms with Crippen molar-refractivity contribution in [1.82, 2.24) is 4.90 Å². The number of hydrogen-bond donors (Lipinski definition) is 2. The number of carbonyl (C=O) groups is 3. The summed E-state index contributed by atoms with van der Waals surface area (Å²) in [6.07, 6.45) is -0.421. The third-order valence-corrected chi connectivity index (χ3v) is 4.26. The summed E-state index contributed by atoms with van der Waals surface area (Å²) in [7, 11) is -2.15. The highest BCUT2D eigenvalue weighted by atomic mass is 31.2. The molecule has 0 spiro atoms. The van der Waals surface area contributed by atoms with Gasteiger partial charge in [0, 0.05) is 25.8 Å². The van der Waals surface area contributed by atoms with Crippen LogP contribution in [0.15, 0.2) is 0 Å². The molecule has 0 saturated carbocycles. The van der Waals surface area contributed by atoms with Crippen molar-refractivity contribution >= 4 is 25.2 Å². The zero-order valence-electron chi connectivity index (χ0n) is 11.3. The fourth-order valence-electron chi connectivity index (χ4n) is 2.13. The van der Waals surface area contributed by atoms with Crippen molar-refractivity contribution in [3.05, 3.63) is 0 Å². The molecular weight excluding hydrogens is 289 g/mol. The zero-order valence-corrected chi connectivity index (χ0v) is 12.2. The second-order valence-corrected chi connectivity index (χ2v) is 7.44. The molecule has 1 heterocycles. The zero-order chi connectivity index (χ0) is 15.5. The molecule has 0 aromatic rings. The van der Waals surface area contributed by atoms with Gasteiger partial charge in [0.15, 0.2) is 7.37 Å². The lowest BCUT2D eigenvalue weighted by molar-refractivity contribution is -0.148. The molecule has 3 atom stereocenters. The lowest BCUT2D eigenvalue weighted by Gasteiger charge is -2.24. The molecule has 9 heteroatoms. The van der Waals surface area contributed by atoms with Crippen LogP contribution >= 0.6 is 7.37 Å². The first kappa shape index (κ1) is 16.7. The SMILES string of the molecule is COC(=O)C1CC(=O)N(C(CCP(C)(=O)O)C(=O)O)C1. The van der Waals surface area contributed by atoms with E-state index in [9.17, 15) is 23.8 Å². The van der Waals surface area contributed by atoms with Crippen LogP contribution < -0.4 is 0 Å². The largest absolute Gasteiger partial charge is 0.480 e. The Morgan fingerprint density at radius 1 is 1.55 bits per heavy atom. The van der Waals surface area contributed by atoms with Gasteiger partial charge in [-0.05, 0) is 6.42 Å². The molecule has 1 amide bonds. The van der Waals surface area contributed by atoms with Crippen molar-refractivity contribution in [1.29, 1.82) is 0 Å².